The number of carbonyl (C=O) groups is 1. The lowest BCUT2D eigenvalue weighted by Gasteiger charge is -2.30. The summed E-state index contributed by atoms with van der Waals surface area (Å²) in [6.45, 7) is 0.354. The Morgan fingerprint density at radius 3 is 2.33 bits per heavy atom. The normalized spacial score (nSPS) is 16.4. The minimum Gasteiger partial charge on any atom is -0.326 e. The van der Waals surface area contributed by atoms with Gasteiger partial charge < -0.3 is 5.32 Å². The highest BCUT2D eigenvalue weighted by molar-refractivity contribution is 7.88. The van der Waals surface area contributed by atoms with Crippen molar-refractivity contribution in [3.8, 4) is 0 Å². The largest absolute Gasteiger partial charge is 0.416 e. The number of carbonyl (C=O) groups excluding carboxylic acids is 1. The molecule has 2 aromatic rings. The van der Waals surface area contributed by atoms with Crippen molar-refractivity contribution in [2.45, 2.75) is 24.8 Å². The van der Waals surface area contributed by atoms with Crippen LogP contribution in [0.5, 0.6) is 0 Å². The van der Waals surface area contributed by atoms with Crippen molar-refractivity contribution in [2.24, 2.45) is 5.92 Å². The predicted octanol–water partition coefficient (Wildman–Crippen LogP) is 4.54. The zero-order valence-electron chi connectivity index (χ0n) is 15.8. The molecule has 0 saturated carbocycles. The summed E-state index contributed by atoms with van der Waals surface area (Å²) in [6.07, 6.45) is -3.90. The first-order valence-electron chi connectivity index (χ1n) is 9.25. The van der Waals surface area contributed by atoms with Gasteiger partial charge in [0.15, 0.2) is 0 Å². The number of piperidine rings is 1. The third-order valence-corrected chi connectivity index (χ3v) is 7.04. The molecule has 30 heavy (non-hydrogen) atoms. The van der Waals surface area contributed by atoms with E-state index in [9.17, 15) is 26.4 Å². The maximum Gasteiger partial charge on any atom is 0.416 e. The zero-order valence-corrected chi connectivity index (χ0v) is 17.4. The number of sulfonamides is 1. The van der Waals surface area contributed by atoms with Crippen LogP contribution < -0.4 is 5.32 Å². The Labute approximate surface area is 177 Å². The molecule has 0 radical (unpaired) electrons. The molecule has 10 heteroatoms. The van der Waals surface area contributed by atoms with E-state index in [2.05, 4.69) is 5.32 Å². The molecule has 0 bridgehead atoms. The molecule has 1 aliphatic rings. The second-order valence-corrected chi connectivity index (χ2v) is 9.53. The van der Waals surface area contributed by atoms with Crippen LogP contribution >= 0.6 is 11.6 Å². The number of rotatable bonds is 5. The molecular formula is C20H20ClF3N2O3S. The van der Waals surface area contributed by atoms with Crippen LogP contribution in [0.1, 0.15) is 24.0 Å². The van der Waals surface area contributed by atoms with Gasteiger partial charge in [0.2, 0.25) is 15.9 Å². The maximum atomic E-state index is 12.8. The molecule has 1 heterocycles. The van der Waals surface area contributed by atoms with Crippen LogP contribution in [0.15, 0.2) is 48.5 Å². The molecular weight excluding hydrogens is 441 g/mol. The Bertz CT molecular complexity index is 1000. The van der Waals surface area contributed by atoms with Gasteiger partial charge in [-0.15, -0.1) is 0 Å². The van der Waals surface area contributed by atoms with E-state index in [1.54, 1.807) is 24.3 Å². The van der Waals surface area contributed by atoms with Crippen molar-refractivity contribution in [3.63, 3.8) is 0 Å². The highest BCUT2D eigenvalue weighted by atomic mass is 35.5. The van der Waals surface area contributed by atoms with Crippen LogP contribution in [0.3, 0.4) is 0 Å². The van der Waals surface area contributed by atoms with Gasteiger partial charge in [0.25, 0.3) is 0 Å². The van der Waals surface area contributed by atoms with Gasteiger partial charge in [0.1, 0.15) is 0 Å². The number of hydrogen-bond acceptors (Lipinski definition) is 3. The van der Waals surface area contributed by atoms with Crippen LogP contribution in [0.2, 0.25) is 5.02 Å². The van der Waals surface area contributed by atoms with E-state index in [-0.39, 0.29) is 24.5 Å². The average molecular weight is 461 g/mol. The summed E-state index contributed by atoms with van der Waals surface area (Å²) in [5, 5.41) is 3.02. The minimum atomic E-state index is -4.50. The monoisotopic (exact) mass is 460 g/mol. The zero-order chi connectivity index (χ0) is 21.9. The number of nitrogens with one attached hydrogen (secondary N) is 1. The van der Waals surface area contributed by atoms with E-state index < -0.39 is 33.6 Å². The van der Waals surface area contributed by atoms with Gasteiger partial charge in [-0.25, -0.2) is 12.7 Å². The molecule has 0 aromatic heterocycles. The minimum absolute atomic E-state index is 0.0626. The Morgan fingerprint density at radius 2 is 1.73 bits per heavy atom. The average Bonchev–Trinajstić information content (AvgIpc) is 2.69. The van der Waals surface area contributed by atoms with E-state index >= 15 is 0 Å². The van der Waals surface area contributed by atoms with Gasteiger partial charge in [0, 0.05) is 29.7 Å². The maximum absolute atomic E-state index is 12.8. The molecule has 1 fully saturated rings. The molecule has 5 nitrogen and oxygen atoms in total. The van der Waals surface area contributed by atoms with Crippen molar-refractivity contribution in [1.82, 2.24) is 4.31 Å². The molecule has 0 spiro atoms. The van der Waals surface area contributed by atoms with Crippen molar-refractivity contribution < 1.29 is 26.4 Å². The van der Waals surface area contributed by atoms with Crippen LogP contribution in [0, 0.1) is 5.92 Å². The Morgan fingerprint density at radius 1 is 1.10 bits per heavy atom. The van der Waals surface area contributed by atoms with Gasteiger partial charge in [0.05, 0.1) is 11.3 Å². The standard InChI is InChI=1S/C20H20ClF3N2O3S/c21-17-6-4-14(5-7-17)13-30(28,29)26-10-8-15(9-11-26)19(27)25-18-3-1-2-16(12-18)20(22,23)24/h1-7,12,15H,8-11,13H2,(H,25,27). The van der Waals surface area contributed by atoms with Crippen molar-refractivity contribution >= 4 is 33.2 Å². The van der Waals surface area contributed by atoms with Crippen molar-refractivity contribution in [1.29, 1.82) is 0 Å². The predicted molar refractivity (Wildman–Crippen MR) is 108 cm³/mol. The lowest BCUT2D eigenvalue weighted by Crippen LogP contribution is -2.41. The third kappa shape index (κ3) is 5.74. The van der Waals surface area contributed by atoms with E-state index in [1.807, 2.05) is 0 Å². The molecule has 0 unspecified atom stereocenters. The highest BCUT2D eigenvalue weighted by Crippen LogP contribution is 2.31. The first-order valence-corrected chi connectivity index (χ1v) is 11.2. The Balaban J connectivity index is 1.57. The molecule has 2 aromatic carbocycles. The number of halogens is 4. The second kappa shape index (κ2) is 8.95. The van der Waals surface area contributed by atoms with Gasteiger partial charge in [-0.2, -0.15) is 13.2 Å². The number of benzene rings is 2. The number of anilines is 1. The summed E-state index contributed by atoms with van der Waals surface area (Å²) >= 11 is 5.81. The number of hydrogen-bond donors (Lipinski definition) is 1. The van der Waals surface area contributed by atoms with Crippen LogP contribution in [0.25, 0.3) is 0 Å². The fourth-order valence-corrected chi connectivity index (χ4v) is 4.99. The first-order chi connectivity index (χ1) is 14.0. The SMILES string of the molecule is O=C(Nc1cccc(C(F)(F)F)c1)C1CCN(S(=O)(=O)Cc2ccc(Cl)cc2)CC1. The lowest BCUT2D eigenvalue weighted by molar-refractivity contribution is -0.137. The molecule has 0 atom stereocenters. The molecule has 0 aliphatic carbocycles. The summed E-state index contributed by atoms with van der Waals surface area (Å²) < 4.78 is 65.0. The molecule has 1 amide bonds. The third-order valence-electron chi connectivity index (χ3n) is 4.94. The van der Waals surface area contributed by atoms with E-state index in [0.29, 0.717) is 23.4 Å². The van der Waals surface area contributed by atoms with Gasteiger partial charge in [-0.05, 0) is 48.7 Å². The molecule has 1 saturated heterocycles. The molecule has 1 N–H and O–H groups in total. The van der Waals surface area contributed by atoms with Crippen LogP contribution in [-0.4, -0.2) is 31.7 Å². The van der Waals surface area contributed by atoms with Gasteiger partial charge in [-0.1, -0.05) is 29.8 Å². The summed E-state index contributed by atoms with van der Waals surface area (Å²) in [4.78, 5) is 12.4. The van der Waals surface area contributed by atoms with Crippen molar-refractivity contribution in [3.05, 3.63) is 64.7 Å². The van der Waals surface area contributed by atoms with Crippen LogP contribution in [-0.2, 0) is 26.7 Å². The van der Waals surface area contributed by atoms with Crippen LogP contribution in [0.4, 0.5) is 18.9 Å². The van der Waals surface area contributed by atoms with E-state index in [4.69, 9.17) is 11.6 Å². The summed E-state index contributed by atoms with van der Waals surface area (Å²) in [6, 6.07) is 11.0. The van der Waals surface area contributed by atoms with Crippen molar-refractivity contribution in [2.75, 3.05) is 18.4 Å². The molecule has 3 rings (SSSR count). The quantitative estimate of drug-likeness (QED) is 0.712. The highest BCUT2D eigenvalue weighted by Gasteiger charge is 2.32. The molecule has 1 aliphatic heterocycles. The lowest BCUT2D eigenvalue weighted by atomic mass is 9.97. The summed E-state index contributed by atoms with van der Waals surface area (Å²) in [5.41, 5.74) is -0.167. The molecule has 162 valence electrons. The van der Waals surface area contributed by atoms with E-state index in [1.165, 1.54) is 16.4 Å². The Hall–Kier alpha value is -2.10. The number of alkyl halides is 3. The number of amides is 1. The fraction of sp³-hybridized carbons (Fsp3) is 0.350. The topological polar surface area (TPSA) is 66.5 Å². The summed E-state index contributed by atoms with van der Waals surface area (Å²) in [7, 11) is -3.55. The fourth-order valence-electron chi connectivity index (χ4n) is 3.30. The summed E-state index contributed by atoms with van der Waals surface area (Å²) in [5.74, 6) is -1.05. The van der Waals surface area contributed by atoms with E-state index in [0.717, 1.165) is 12.1 Å². The van der Waals surface area contributed by atoms with Gasteiger partial charge in [-0.3, -0.25) is 4.79 Å². The first kappa shape index (κ1) is 22.6. The smallest absolute Gasteiger partial charge is 0.326 e. The second-order valence-electron chi connectivity index (χ2n) is 7.12. The Kier molecular flexibility index (Phi) is 6.74. The van der Waals surface area contributed by atoms with Gasteiger partial charge >= 0.3 is 6.18 Å². The number of nitrogens with zero attached hydrogens (tertiary/aromatic N) is 1.